The highest BCUT2D eigenvalue weighted by Crippen LogP contribution is 2.31. The smallest absolute Gasteiger partial charge is 0.263 e. The van der Waals surface area contributed by atoms with Crippen LogP contribution in [0, 0.1) is 6.92 Å². The van der Waals surface area contributed by atoms with Crippen LogP contribution in [0.3, 0.4) is 0 Å². The first kappa shape index (κ1) is 28.2. The number of nitrogens with one attached hydrogen (secondary N) is 4. The molecule has 0 saturated heterocycles. The number of phenols is 1. The van der Waals surface area contributed by atoms with E-state index in [1.54, 1.807) is 36.4 Å². The molecule has 42 heavy (non-hydrogen) atoms. The summed E-state index contributed by atoms with van der Waals surface area (Å²) in [5, 5.41) is 18.8. The van der Waals surface area contributed by atoms with Crippen molar-refractivity contribution >= 4 is 55.7 Å². The van der Waals surface area contributed by atoms with Gasteiger partial charge in [-0.3, -0.25) is 9.52 Å². The van der Waals surface area contributed by atoms with Crippen LogP contribution in [-0.2, 0) is 14.8 Å². The van der Waals surface area contributed by atoms with Gasteiger partial charge in [-0.15, -0.1) is 0 Å². The largest absolute Gasteiger partial charge is 0.508 e. The van der Waals surface area contributed by atoms with Gasteiger partial charge in [0.2, 0.25) is 5.91 Å². The SMILES string of the molecule is COc1cc(O)cc(Nc2nc3ccccc3nc2NS(=O)(=O)c2cccc(NC(=O)CNc3ccc(C)cc3)c2)c1. The number of carbonyl (C=O) groups is 1. The fourth-order valence-electron chi connectivity index (χ4n) is 4.05. The normalized spacial score (nSPS) is 11.1. The number of hydrogen-bond acceptors (Lipinski definition) is 9. The molecule has 1 aromatic heterocycles. The number of nitrogens with zero attached hydrogens (tertiary/aromatic N) is 2. The van der Waals surface area contributed by atoms with Crippen LogP contribution in [0.25, 0.3) is 11.0 Å². The summed E-state index contributed by atoms with van der Waals surface area (Å²) < 4.78 is 34.7. The van der Waals surface area contributed by atoms with Gasteiger partial charge in [-0.2, -0.15) is 0 Å². The van der Waals surface area contributed by atoms with E-state index in [2.05, 4.69) is 30.6 Å². The molecule has 5 N–H and O–H groups in total. The van der Waals surface area contributed by atoms with Gasteiger partial charge in [-0.05, 0) is 49.4 Å². The number of para-hydroxylation sites is 2. The molecule has 214 valence electrons. The Balaban J connectivity index is 1.38. The van der Waals surface area contributed by atoms with E-state index in [0.717, 1.165) is 11.3 Å². The zero-order valence-corrected chi connectivity index (χ0v) is 23.6. The maximum atomic E-state index is 13.5. The van der Waals surface area contributed by atoms with Gasteiger partial charge in [0.25, 0.3) is 10.0 Å². The van der Waals surface area contributed by atoms with Gasteiger partial charge in [0.05, 0.1) is 29.6 Å². The van der Waals surface area contributed by atoms with E-state index in [0.29, 0.717) is 28.2 Å². The van der Waals surface area contributed by atoms with E-state index in [1.807, 2.05) is 31.2 Å². The molecule has 0 fully saturated rings. The molecule has 0 spiro atoms. The predicted octanol–water partition coefficient (Wildman–Crippen LogP) is 5.25. The number of amides is 1. The van der Waals surface area contributed by atoms with Crippen LogP contribution in [0.2, 0.25) is 0 Å². The number of phenolic OH excluding ortho intramolecular Hbond substituents is 1. The Hall–Kier alpha value is -5.36. The quantitative estimate of drug-likeness (QED) is 0.148. The van der Waals surface area contributed by atoms with Crippen molar-refractivity contribution in [3.8, 4) is 11.5 Å². The number of ether oxygens (including phenoxy) is 1. The number of hydrogen-bond donors (Lipinski definition) is 5. The van der Waals surface area contributed by atoms with Gasteiger partial charge in [0.1, 0.15) is 11.5 Å². The lowest BCUT2D eigenvalue weighted by Crippen LogP contribution is -2.22. The molecule has 0 aliphatic carbocycles. The van der Waals surface area contributed by atoms with Crippen molar-refractivity contribution < 1.29 is 23.1 Å². The summed E-state index contributed by atoms with van der Waals surface area (Å²) in [6, 6.07) is 25.0. The number of aryl methyl sites for hydroxylation is 1. The number of carbonyl (C=O) groups excluding carboxylic acids is 1. The molecule has 0 unspecified atom stereocenters. The highest BCUT2D eigenvalue weighted by molar-refractivity contribution is 7.92. The van der Waals surface area contributed by atoms with Gasteiger partial charge < -0.3 is 25.8 Å². The molecule has 1 heterocycles. The van der Waals surface area contributed by atoms with Crippen molar-refractivity contribution in [1.82, 2.24) is 9.97 Å². The maximum Gasteiger partial charge on any atom is 0.263 e. The van der Waals surface area contributed by atoms with Gasteiger partial charge in [-0.25, -0.2) is 18.4 Å². The zero-order valence-electron chi connectivity index (χ0n) is 22.8. The highest BCUT2D eigenvalue weighted by Gasteiger charge is 2.20. The van der Waals surface area contributed by atoms with Gasteiger partial charge in [0.15, 0.2) is 11.6 Å². The van der Waals surface area contributed by atoms with Crippen LogP contribution >= 0.6 is 0 Å². The average molecular weight is 585 g/mol. The monoisotopic (exact) mass is 584 g/mol. The molecule has 4 aromatic carbocycles. The van der Waals surface area contributed by atoms with Crippen LogP contribution < -0.4 is 25.4 Å². The first-order valence-electron chi connectivity index (χ1n) is 12.8. The van der Waals surface area contributed by atoms with E-state index in [9.17, 15) is 18.3 Å². The summed E-state index contributed by atoms with van der Waals surface area (Å²) >= 11 is 0. The molecule has 0 aliphatic heterocycles. The number of sulfonamides is 1. The van der Waals surface area contributed by atoms with Crippen molar-refractivity contribution in [2.24, 2.45) is 0 Å². The third-order valence-electron chi connectivity index (χ3n) is 6.12. The molecule has 0 bridgehead atoms. The predicted molar refractivity (Wildman–Crippen MR) is 163 cm³/mol. The Labute approximate surface area is 242 Å². The van der Waals surface area contributed by atoms with E-state index < -0.39 is 10.0 Å². The Morgan fingerprint density at radius 1 is 0.833 bits per heavy atom. The van der Waals surface area contributed by atoms with Crippen molar-refractivity contribution in [3.05, 3.63) is 96.6 Å². The molecule has 0 aliphatic rings. The van der Waals surface area contributed by atoms with E-state index in [-0.39, 0.29) is 34.7 Å². The number of aromatic nitrogens is 2. The topological polar surface area (TPSA) is 155 Å². The van der Waals surface area contributed by atoms with Gasteiger partial charge in [0, 0.05) is 35.3 Å². The third-order valence-corrected chi connectivity index (χ3v) is 7.46. The second kappa shape index (κ2) is 12.0. The minimum absolute atomic E-state index is 0.000176. The lowest BCUT2D eigenvalue weighted by atomic mass is 10.2. The second-order valence-corrected chi connectivity index (χ2v) is 11.0. The van der Waals surface area contributed by atoms with Crippen molar-refractivity contribution in [1.29, 1.82) is 0 Å². The molecule has 0 atom stereocenters. The number of benzene rings is 4. The number of fused-ring (bicyclic) bond motifs is 1. The molecule has 5 aromatic rings. The third kappa shape index (κ3) is 6.85. The second-order valence-electron chi connectivity index (χ2n) is 9.36. The minimum atomic E-state index is -4.17. The highest BCUT2D eigenvalue weighted by atomic mass is 32.2. The average Bonchev–Trinajstić information content (AvgIpc) is 2.97. The Morgan fingerprint density at radius 3 is 2.26 bits per heavy atom. The van der Waals surface area contributed by atoms with E-state index >= 15 is 0 Å². The molecule has 11 nitrogen and oxygen atoms in total. The summed E-state index contributed by atoms with van der Waals surface area (Å²) in [6.45, 7) is 1.97. The molecular formula is C30H28N6O5S. The molecule has 0 radical (unpaired) electrons. The maximum absolute atomic E-state index is 13.5. The lowest BCUT2D eigenvalue weighted by molar-refractivity contribution is -0.114. The molecule has 1 amide bonds. The molecule has 12 heteroatoms. The standard InChI is InChI=1S/C30H28N6O5S/c1-19-10-12-20(13-11-19)31-18-28(38)32-21-6-5-7-25(16-21)42(39,40)36-30-29(34-26-8-3-4-9-27(26)35-30)33-22-14-23(37)17-24(15-22)41-2/h3-17,31,37H,18H2,1-2H3,(H,32,38)(H,33,34)(H,35,36). The Kier molecular flexibility index (Phi) is 8.07. The van der Waals surface area contributed by atoms with Crippen LogP contribution in [0.5, 0.6) is 11.5 Å². The van der Waals surface area contributed by atoms with Crippen molar-refractivity contribution in [2.75, 3.05) is 34.3 Å². The molecule has 5 rings (SSSR count). The molecular weight excluding hydrogens is 556 g/mol. The summed E-state index contributed by atoms with van der Waals surface area (Å²) in [5.41, 5.74) is 3.61. The first-order valence-corrected chi connectivity index (χ1v) is 14.3. The summed E-state index contributed by atoms with van der Waals surface area (Å²) in [7, 11) is -2.71. The van der Waals surface area contributed by atoms with Crippen molar-refractivity contribution in [2.45, 2.75) is 11.8 Å². The van der Waals surface area contributed by atoms with Gasteiger partial charge >= 0.3 is 0 Å². The van der Waals surface area contributed by atoms with E-state index in [4.69, 9.17) is 4.74 Å². The summed E-state index contributed by atoms with van der Waals surface area (Å²) in [6.07, 6.45) is 0. The van der Waals surface area contributed by atoms with Crippen LogP contribution in [0.15, 0.2) is 95.9 Å². The van der Waals surface area contributed by atoms with Crippen molar-refractivity contribution in [3.63, 3.8) is 0 Å². The van der Waals surface area contributed by atoms with Crippen LogP contribution in [0.4, 0.5) is 28.7 Å². The fourth-order valence-corrected chi connectivity index (χ4v) is 5.11. The summed E-state index contributed by atoms with van der Waals surface area (Å²) in [4.78, 5) is 21.5. The lowest BCUT2D eigenvalue weighted by Gasteiger charge is -2.15. The minimum Gasteiger partial charge on any atom is -0.508 e. The Morgan fingerprint density at radius 2 is 1.55 bits per heavy atom. The van der Waals surface area contributed by atoms with E-state index in [1.165, 1.54) is 37.4 Å². The summed E-state index contributed by atoms with van der Waals surface area (Å²) in [5.74, 6) is 0.0396. The fraction of sp³-hybridized carbons (Fsp3) is 0.100. The van der Waals surface area contributed by atoms with Crippen LogP contribution in [-0.4, -0.2) is 43.1 Å². The zero-order chi connectivity index (χ0) is 29.7. The molecule has 0 saturated carbocycles. The Bertz CT molecular complexity index is 1860. The van der Waals surface area contributed by atoms with Crippen LogP contribution in [0.1, 0.15) is 5.56 Å². The number of aromatic hydroxyl groups is 1. The number of anilines is 5. The number of rotatable bonds is 10. The number of methoxy groups -OCH3 is 1. The van der Waals surface area contributed by atoms with Gasteiger partial charge in [-0.1, -0.05) is 35.9 Å². The first-order chi connectivity index (χ1) is 20.2.